The number of nitrogens with zero attached hydrogens (tertiary/aromatic N) is 2. The molecule has 0 spiro atoms. The van der Waals surface area contributed by atoms with Crippen molar-refractivity contribution in [1.82, 2.24) is 10.3 Å². The first kappa shape index (κ1) is 17.3. The molecule has 124 valence electrons. The highest BCUT2D eigenvalue weighted by molar-refractivity contribution is 5.94. The number of anilines is 1. The van der Waals surface area contributed by atoms with Crippen LogP contribution in [0.3, 0.4) is 0 Å². The lowest BCUT2D eigenvalue weighted by molar-refractivity contribution is 0.0955. The molecule has 1 heterocycles. The Morgan fingerprint density at radius 3 is 2.58 bits per heavy atom. The third-order valence-corrected chi connectivity index (χ3v) is 3.52. The van der Waals surface area contributed by atoms with Gasteiger partial charge >= 0.3 is 0 Å². The Morgan fingerprint density at radius 2 is 1.96 bits per heavy atom. The molecular formula is C18H20N4O2. The van der Waals surface area contributed by atoms with Crippen molar-refractivity contribution in [2.75, 3.05) is 25.5 Å². The smallest absolute Gasteiger partial charge is 0.251 e. The maximum atomic E-state index is 12.0. The maximum Gasteiger partial charge on any atom is 0.251 e. The number of aromatic nitrogens is 1. The second-order valence-electron chi connectivity index (χ2n) is 5.29. The van der Waals surface area contributed by atoms with Gasteiger partial charge in [0.1, 0.15) is 11.8 Å². The summed E-state index contributed by atoms with van der Waals surface area (Å²) in [5.41, 5.74) is 3.38. The molecule has 0 aliphatic carbocycles. The minimum Gasteiger partial charge on any atom is -0.497 e. The summed E-state index contributed by atoms with van der Waals surface area (Å²) < 4.78 is 5.06. The van der Waals surface area contributed by atoms with E-state index < -0.39 is 0 Å². The van der Waals surface area contributed by atoms with Crippen LogP contribution in [0.2, 0.25) is 0 Å². The molecule has 1 aromatic carbocycles. The van der Waals surface area contributed by atoms with Crippen LogP contribution in [0.25, 0.3) is 0 Å². The van der Waals surface area contributed by atoms with Crippen molar-refractivity contribution >= 4 is 11.6 Å². The first-order valence-corrected chi connectivity index (χ1v) is 7.59. The van der Waals surface area contributed by atoms with E-state index >= 15 is 0 Å². The molecule has 0 saturated heterocycles. The zero-order valence-corrected chi connectivity index (χ0v) is 14.0. The number of aryl methyl sites for hydroxylation is 2. The predicted octanol–water partition coefficient (Wildman–Crippen LogP) is 2.42. The van der Waals surface area contributed by atoms with Gasteiger partial charge in [0.05, 0.1) is 24.1 Å². The number of nitriles is 1. The van der Waals surface area contributed by atoms with E-state index in [9.17, 15) is 10.1 Å². The number of amides is 1. The van der Waals surface area contributed by atoms with Gasteiger partial charge in [-0.25, -0.2) is 0 Å². The molecule has 2 N–H and O–H groups in total. The lowest BCUT2D eigenvalue weighted by Gasteiger charge is -2.11. The van der Waals surface area contributed by atoms with Crippen molar-refractivity contribution in [1.29, 1.82) is 5.26 Å². The van der Waals surface area contributed by atoms with E-state index in [1.807, 2.05) is 19.9 Å². The fraction of sp³-hybridized carbons (Fsp3) is 0.278. The van der Waals surface area contributed by atoms with Crippen molar-refractivity contribution in [3.05, 3.63) is 52.8 Å². The molecule has 0 aliphatic rings. The molecule has 0 atom stereocenters. The second-order valence-corrected chi connectivity index (χ2v) is 5.29. The largest absolute Gasteiger partial charge is 0.497 e. The van der Waals surface area contributed by atoms with Crippen molar-refractivity contribution in [2.45, 2.75) is 13.8 Å². The van der Waals surface area contributed by atoms with Crippen LogP contribution < -0.4 is 15.4 Å². The summed E-state index contributed by atoms with van der Waals surface area (Å²) in [5.74, 6) is 0.558. The molecule has 0 fully saturated rings. The van der Waals surface area contributed by atoms with E-state index in [4.69, 9.17) is 4.74 Å². The fourth-order valence-corrected chi connectivity index (χ4v) is 2.33. The van der Waals surface area contributed by atoms with Gasteiger partial charge in [0.15, 0.2) is 0 Å². The zero-order valence-electron chi connectivity index (χ0n) is 14.0. The summed E-state index contributed by atoms with van der Waals surface area (Å²) in [4.78, 5) is 16.3. The lowest BCUT2D eigenvalue weighted by Crippen LogP contribution is -2.28. The van der Waals surface area contributed by atoms with Gasteiger partial charge in [-0.3, -0.25) is 9.78 Å². The van der Waals surface area contributed by atoms with E-state index in [1.165, 1.54) is 0 Å². The van der Waals surface area contributed by atoms with Crippen LogP contribution in [0.4, 0.5) is 5.69 Å². The normalized spacial score (nSPS) is 9.92. The Bertz CT molecular complexity index is 764. The molecule has 0 aliphatic heterocycles. The van der Waals surface area contributed by atoms with Crippen LogP contribution in [-0.4, -0.2) is 31.1 Å². The van der Waals surface area contributed by atoms with Gasteiger partial charge in [-0.05, 0) is 44.2 Å². The Morgan fingerprint density at radius 1 is 1.25 bits per heavy atom. The molecule has 0 saturated carbocycles. The average molecular weight is 324 g/mol. The topological polar surface area (TPSA) is 87.0 Å². The van der Waals surface area contributed by atoms with Crippen LogP contribution in [0, 0.1) is 25.2 Å². The molecule has 2 rings (SSSR count). The van der Waals surface area contributed by atoms with Gasteiger partial charge in [-0.1, -0.05) is 0 Å². The molecule has 0 radical (unpaired) electrons. The molecular weight excluding hydrogens is 304 g/mol. The molecule has 6 nitrogen and oxygen atoms in total. The fourth-order valence-electron chi connectivity index (χ4n) is 2.33. The number of benzene rings is 1. The molecule has 24 heavy (non-hydrogen) atoms. The Balaban J connectivity index is 1.89. The lowest BCUT2D eigenvalue weighted by atomic mass is 10.1. The summed E-state index contributed by atoms with van der Waals surface area (Å²) in [7, 11) is 1.58. The molecule has 1 aromatic heterocycles. The van der Waals surface area contributed by atoms with E-state index in [1.54, 1.807) is 31.4 Å². The van der Waals surface area contributed by atoms with Crippen molar-refractivity contribution in [2.24, 2.45) is 0 Å². The Kier molecular flexibility index (Phi) is 5.74. The highest BCUT2D eigenvalue weighted by Crippen LogP contribution is 2.18. The Hall–Kier alpha value is -3.07. The second kappa shape index (κ2) is 7.97. The van der Waals surface area contributed by atoms with Crippen LogP contribution in [0.15, 0.2) is 30.3 Å². The van der Waals surface area contributed by atoms with Gasteiger partial charge in [-0.15, -0.1) is 0 Å². The average Bonchev–Trinajstić information content (AvgIpc) is 2.58. The monoisotopic (exact) mass is 324 g/mol. The summed E-state index contributed by atoms with van der Waals surface area (Å²) in [5, 5.41) is 15.2. The van der Waals surface area contributed by atoms with Gasteiger partial charge in [-0.2, -0.15) is 5.26 Å². The standard InChI is InChI=1S/C18H20N4O2/c1-12-10-17(16(11-19)13(2)22-12)20-8-9-21-18(23)14-4-6-15(24-3)7-5-14/h4-7,10H,8-9H2,1-3H3,(H,20,22)(H,21,23). The first-order valence-electron chi connectivity index (χ1n) is 7.59. The number of methoxy groups -OCH3 is 1. The highest BCUT2D eigenvalue weighted by Gasteiger charge is 2.08. The third-order valence-electron chi connectivity index (χ3n) is 3.52. The van der Waals surface area contributed by atoms with E-state index in [0.717, 1.165) is 11.4 Å². The molecule has 0 bridgehead atoms. The highest BCUT2D eigenvalue weighted by atomic mass is 16.5. The van der Waals surface area contributed by atoms with Crippen LogP contribution in [-0.2, 0) is 0 Å². The number of rotatable bonds is 6. The van der Waals surface area contributed by atoms with Gasteiger partial charge in [0, 0.05) is 24.3 Å². The number of nitrogens with one attached hydrogen (secondary N) is 2. The number of hydrogen-bond acceptors (Lipinski definition) is 5. The quantitative estimate of drug-likeness (QED) is 0.797. The van der Waals surface area contributed by atoms with E-state index in [-0.39, 0.29) is 5.91 Å². The van der Waals surface area contributed by atoms with Gasteiger partial charge in [0.2, 0.25) is 0 Å². The summed E-state index contributed by atoms with van der Waals surface area (Å²) in [6.45, 7) is 4.64. The first-order chi connectivity index (χ1) is 11.5. The number of carbonyl (C=O) groups is 1. The maximum absolute atomic E-state index is 12.0. The van der Waals surface area contributed by atoms with Crippen molar-refractivity contribution in [3.63, 3.8) is 0 Å². The molecule has 1 amide bonds. The number of hydrogen-bond donors (Lipinski definition) is 2. The number of ether oxygens (including phenoxy) is 1. The van der Waals surface area contributed by atoms with Crippen LogP contribution in [0.5, 0.6) is 5.75 Å². The van der Waals surface area contributed by atoms with Gasteiger partial charge in [0.25, 0.3) is 5.91 Å². The van der Waals surface area contributed by atoms with Crippen molar-refractivity contribution in [3.8, 4) is 11.8 Å². The van der Waals surface area contributed by atoms with Crippen LogP contribution >= 0.6 is 0 Å². The van der Waals surface area contributed by atoms with Crippen molar-refractivity contribution < 1.29 is 9.53 Å². The summed E-state index contributed by atoms with van der Waals surface area (Å²) in [6, 6.07) is 10.9. The minimum atomic E-state index is -0.151. The number of pyridine rings is 1. The van der Waals surface area contributed by atoms with E-state index in [2.05, 4.69) is 21.7 Å². The van der Waals surface area contributed by atoms with Crippen LogP contribution in [0.1, 0.15) is 27.3 Å². The minimum absolute atomic E-state index is 0.151. The third kappa shape index (κ3) is 4.23. The molecule has 6 heteroatoms. The summed E-state index contributed by atoms with van der Waals surface area (Å²) >= 11 is 0. The predicted molar refractivity (Wildman–Crippen MR) is 92.2 cm³/mol. The molecule has 2 aromatic rings. The Labute approximate surface area is 141 Å². The molecule has 0 unspecified atom stereocenters. The van der Waals surface area contributed by atoms with E-state index in [0.29, 0.717) is 35.7 Å². The summed E-state index contributed by atoms with van der Waals surface area (Å²) in [6.07, 6.45) is 0. The van der Waals surface area contributed by atoms with Gasteiger partial charge < -0.3 is 15.4 Å². The zero-order chi connectivity index (χ0) is 17.5. The number of carbonyl (C=O) groups excluding carboxylic acids is 1. The SMILES string of the molecule is COc1ccc(C(=O)NCCNc2cc(C)nc(C)c2C#N)cc1.